The maximum absolute atomic E-state index is 11.6. The Morgan fingerprint density at radius 3 is 2.87 bits per heavy atom. The van der Waals surface area contributed by atoms with Gasteiger partial charge in [-0.15, -0.1) is 0 Å². The van der Waals surface area contributed by atoms with E-state index in [0.717, 1.165) is 26.5 Å². The third kappa shape index (κ3) is 2.30. The van der Waals surface area contributed by atoms with E-state index in [-0.39, 0.29) is 17.4 Å². The number of aromatic amines is 1. The van der Waals surface area contributed by atoms with Crippen molar-refractivity contribution >= 4 is 26.8 Å². The second-order valence-corrected chi connectivity index (χ2v) is 6.53. The van der Waals surface area contributed by atoms with E-state index in [9.17, 15) is 10.1 Å². The van der Waals surface area contributed by atoms with E-state index in [0.29, 0.717) is 5.75 Å². The molecule has 1 aliphatic rings. The Balaban J connectivity index is 1.96. The van der Waals surface area contributed by atoms with Crippen LogP contribution in [-0.2, 0) is 0 Å². The lowest BCUT2D eigenvalue weighted by atomic mass is 9.83. The molecule has 23 heavy (non-hydrogen) atoms. The van der Waals surface area contributed by atoms with E-state index < -0.39 is 6.04 Å². The first-order chi connectivity index (χ1) is 11.1. The van der Waals surface area contributed by atoms with Crippen molar-refractivity contribution in [2.24, 2.45) is 0 Å². The second kappa shape index (κ2) is 5.38. The largest absolute Gasteiger partial charge is 0.486 e. The molecule has 2 atom stereocenters. The quantitative estimate of drug-likeness (QED) is 0.543. The SMILES string of the molecule is O=[N+]([O-])[C@H]1COc2ccc(Br)cc2[C@@H]1c1c[nH]c2ccccc12. The zero-order valence-electron chi connectivity index (χ0n) is 12.0. The van der Waals surface area contributed by atoms with Gasteiger partial charge < -0.3 is 9.72 Å². The first-order valence-electron chi connectivity index (χ1n) is 7.27. The molecule has 0 spiro atoms. The minimum absolute atomic E-state index is 0.0752. The molecule has 1 N–H and O–H groups in total. The van der Waals surface area contributed by atoms with Gasteiger partial charge in [0.1, 0.15) is 5.75 Å². The number of ether oxygens (including phenoxy) is 1. The molecular formula is C17H13BrN2O3. The minimum Gasteiger partial charge on any atom is -0.486 e. The Hall–Kier alpha value is -2.34. The average molecular weight is 373 g/mol. The zero-order chi connectivity index (χ0) is 16.0. The molecule has 116 valence electrons. The molecule has 0 bridgehead atoms. The zero-order valence-corrected chi connectivity index (χ0v) is 13.6. The molecular weight excluding hydrogens is 360 g/mol. The van der Waals surface area contributed by atoms with Gasteiger partial charge in [0, 0.05) is 32.1 Å². The van der Waals surface area contributed by atoms with Gasteiger partial charge in [-0.3, -0.25) is 10.1 Å². The highest BCUT2D eigenvalue weighted by molar-refractivity contribution is 9.10. The number of nitrogens with zero attached hydrogens (tertiary/aromatic N) is 1. The lowest BCUT2D eigenvalue weighted by molar-refractivity contribution is -0.528. The minimum atomic E-state index is -0.809. The summed E-state index contributed by atoms with van der Waals surface area (Å²) in [6.07, 6.45) is 1.88. The number of rotatable bonds is 2. The van der Waals surface area contributed by atoms with Crippen LogP contribution in [-0.4, -0.2) is 22.6 Å². The molecule has 0 aliphatic carbocycles. The molecule has 4 rings (SSSR count). The van der Waals surface area contributed by atoms with Crippen LogP contribution in [0.3, 0.4) is 0 Å². The number of benzene rings is 2. The monoisotopic (exact) mass is 372 g/mol. The normalized spacial score (nSPS) is 20.0. The fraction of sp³-hybridized carbons (Fsp3) is 0.176. The summed E-state index contributed by atoms with van der Waals surface area (Å²) in [4.78, 5) is 14.6. The topological polar surface area (TPSA) is 68.2 Å². The van der Waals surface area contributed by atoms with Gasteiger partial charge in [-0.1, -0.05) is 34.1 Å². The number of nitro groups is 1. The molecule has 2 aromatic carbocycles. The van der Waals surface area contributed by atoms with Crippen molar-refractivity contribution in [3.8, 4) is 5.75 Å². The smallest absolute Gasteiger partial charge is 0.257 e. The van der Waals surface area contributed by atoms with E-state index in [1.165, 1.54) is 0 Å². The first-order valence-corrected chi connectivity index (χ1v) is 8.06. The number of nitrogens with one attached hydrogen (secondary N) is 1. The van der Waals surface area contributed by atoms with E-state index >= 15 is 0 Å². The first kappa shape index (κ1) is 14.3. The molecule has 5 nitrogen and oxygen atoms in total. The number of hydrogen-bond donors (Lipinski definition) is 1. The van der Waals surface area contributed by atoms with Crippen molar-refractivity contribution in [3.05, 3.63) is 74.4 Å². The average Bonchev–Trinajstić information content (AvgIpc) is 2.97. The van der Waals surface area contributed by atoms with Crippen LogP contribution in [0.4, 0.5) is 0 Å². The van der Waals surface area contributed by atoms with Crippen molar-refractivity contribution < 1.29 is 9.66 Å². The fourth-order valence-corrected chi connectivity index (χ4v) is 3.66. The summed E-state index contributed by atoms with van der Waals surface area (Å²) in [5.41, 5.74) is 2.76. The summed E-state index contributed by atoms with van der Waals surface area (Å²) < 4.78 is 6.50. The highest BCUT2D eigenvalue weighted by Gasteiger charge is 2.41. The van der Waals surface area contributed by atoms with Crippen LogP contribution in [0.25, 0.3) is 10.9 Å². The van der Waals surface area contributed by atoms with Crippen LogP contribution in [0.5, 0.6) is 5.75 Å². The molecule has 2 heterocycles. The third-order valence-corrected chi connectivity index (χ3v) is 4.82. The number of fused-ring (bicyclic) bond motifs is 2. The Labute approximate surface area is 140 Å². The van der Waals surface area contributed by atoms with Crippen molar-refractivity contribution in [2.75, 3.05) is 6.61 Å². The van der Waals surface area contributed by atoms with Gasteiger partial charge in [0.15, 0.2) is 6.61 Å². The summed E-state index contributed by atoms with van der Waals surface area (Å²) in [6, 6.07) is 12.7. The van der Waals surface area contributed by atoms with Crippen molar-refractivity contribution in [1.29, 1.82) is 0 Å². The van der Waals surface area contributed by atoms with Crippen LogP contribution in [0.2, 0.25) is 0 Å². The molecule has 0 unspecified atom stereocenters. The molecule has 0 radical (unpaired) electrons. The molecule has 1 aliphatic heterocycles. The number of aromatic nitrogens is 1. The van der Waals surface area contributed by atoms with Crippen LogP contribution in [0, 0.1) is 10.1 Å². The molecule has 6 heteroatoms. The van der Waals surface area contributed by atoms with Gasteiger partial charge in [0.05, 0.1) is 5.92 Å². The van der Waals surface area contributed by atoms with E-state index in [4.69, 9.17) is 4.74 Å². The van der Waals surface area contributed by atoms with Gasteiger partial charge in [-0.05, 0) is 29.8 Å². The molecule has 0 saturated heterocycles. The summed E-state index contributed by atoms with van der Waals surface area (Å²) in [5.74, 6) is 0.365. The number of H-pyrrole nitrogens is 1. The Morgan fingerprint density at radius 2 is 2.04 bits per heavy atom. The molecule has 1 aromatic heterocycles. The van der Waals surface area contributed by atoms with Gasteiger partial charge in [0.2, 0.25) is 0 Å². The number of hydrogen-bond acceptors (Lipinski definition) is 3. The maximum Gasteiger partial charge on any atom is 0.257 e. The summed E-state index contributed by atoms with van der Waals surface area (Å²) in [7, 11) is 0. The molecule has 3 aromatic rings. The van der Waals surface area contributed by atoms with Gasteiger partial charge >= 0.3 is 0 Å². The highest BCUT2D eigenvalue weighted by Crippen LogP contribution is 2.42. The standard InChI is InChI=1S/C17H13BrN2O3/c18-10-5-6-16-12(7-10)17(15(9-23-16)20(21)22)13-8-19-14-4-2-1-3-11(13)14/h1-8,15,17,19H,9H2/t15-,17+/m0/s1. The number of para-hydroxylation sites is 1. The maximum atomic E-state index is 11.6. The summed E-state index contributed by atoms with van der Waals surface area (Å²) in [6.45, 7) is 0.0752. The summed E-state index contributed by atoms with van der Waals surface area (Å²) in [5, 5.41) is 12.6. The van der Waals surface area contributed by atoms with Gasteiger partial charge in [-0.2, -0.15) is 0 Å². The van der Waals surface area contributed by atoms with Crippen LogP contribution >= 0.6 is 15.9 Å². The van der Waals surface area contributed by atoms with Crippen molar-refractivity contribution in [3.63, 3.8) is 0 Å². The number of halogens is 1. The summed E-state index contributed by atoms with van der Waals surface area (Å²) >= 11 is 3.45. The lowest BCUT2D eigenvalue weighted by Gasteiger charge is -2.28. The van der Waals surface area contributed by atoms with Crippen LogP contribution in [0.1, 0.15) is 17.0 Å². The lowest BCUT2D eigenvalue weighted by Crippen LogP contribution is -2.37. The predicted octanol–water partition coefficient (Wildman–Crippen LogP) is 4.10. The molecule has 0 saturated carbocycles. The predicted molar refractivity (Wildman–Crippen MR) is 90.6 cm³/mol. The Morgan fingerprint density at radius 1 is 1.22 bits per heavy atom. The van der Waals surface area contributed by atoms with Gasteiger partial charge in [-0.25, -0.2) is 0 Å². The molecule has 0 fully saturated rings. The van der Waals surface area contributed by atoms with Crippen LogP contribution < -0.4 is 4.74 Å². The highest BCUT2D eigenvalue weighted by atomic mass is 79.9. The van der Waals surface area contributed by atoms with Crippen molar-refractivity contribution in [1.82, 2.24) is 4.98 Å². The third-order valence-electron chi connectivity index (χ3n) is 4.33. The van der Waals surface area contributed by atoms with Crippen molar-refractivity contribution in [2.45, 2.75) is 12.0 Å². The van der Waals surface area contributed by atoms with E-state index in [2.05, 4.69) is 20.9 Å². The second-order valence-electron chi connectivity index (χ2n) is 5.61. The fourth-order valence-electron chi connectivity index (χ4n) is 3.28. The van der Waals surface area contributed by atoms with E-state index in [1.807, 2.05) is 48.7 Å². The Kier molecular flexibility index (Phi) is 3.34. The van der Waals surface area contributed by atoms with E-state index in [1.54, 1.807) is 0 Å². The van der Waals surface area contributed by atoms with Gasteiger partial charge in [0.25, 0.3) is 6.04 Å². The molecule has 0 amide bonds. The van der Waals surface area contributed by atoms with Crippen LogP contribution in [0.15, 0.2) is 53.1 Å². The Bertz CT molecular complexity index is 906.